The van der Waals surface area contributed by atoms with Gasteiger partial charge in [0.05, 0.1) is 10.9 Å². The molecule has 0 radical (unpaired) electrons. The summed E-state index contributed by atoms with van der Waals surface area (Å²) < 4.78 is 1.78. The minimum absolute atomic E-state index is 0.0543. The minimum atomic E-state index is -0.140. The summed E-state index contributed by atoms with van der Waals surface area (Å²) in [6, 6.07) is 11.6. The zero-order chi connectivity index (χ0) is 23.4. The summed E-state index contributed by atoms with van der Waals surface area (Å²) in [4.78, 5) is 30.7. The summed E-state index contributed by atoms with van der Waals surface area (Å²) >= 11 is 1.57. The highest BCUT2D eigenvalue weighted by Crippen LogP contribution is 2.25. The number of carbonyl (C=O) groups excluding carboxylic acids is 1. The van der Waals surface area contributed by atoms with Crippen molar-refractivity contribution < 1.29 is 4.79 Å². The second kappa shape index (κ2) is 10.3. The van der Waals surface area contributed by atoms with E-state index in [0.29, 0.717) is 46.5 Å². The lowest BCUT2D eigenvalue weighted by molar-refractivity contribution is 0.0949. The molecule has 3 rings (SSSR count). The van der Waals surface area contributed by atoms with Crippen molar-refractivity contribution >= 4 is 28.6 Å². The van der Waals surface area contributed by atoms with Gasteiger partial charge in [-0.1, -0.05) is 63.2 Å². The molecule has 32 heavy (non-hydrogen) atoms. The molecule has 0 atom stereocenters. The largest absolute Gasteiger partial charge is 0.352 e. The van der Waals surface area contributed by atoms with Gasteiger partial charge in [-0.05, 0) is 55.0 Å². The first kappa shape index (κ1) is 24.1. The SMILES string of the molecule is Cc1ccc(C)c(CSc2nc3cc(C(=O)NCC(C)C)ccc3c(=O)n2CC(C)C)c1. The maximum absolute atomic E-state index is 13.3. The fourth-order valence-electron chi connectivity index (χ4n) is 3.48. The number of carbonyl (C=O) groups is 1. The maximum atomic E-state index is 13.3. The first-order valence-corrected chi connectivity index (χ1v) is 12.2. The number of fused-ring (bicyclic) bond motifs is 1. The fraction of sp³-hybridized carbons (Fsp3) is 0.423. The molecule has 0 bridgehead atoms. The van der Waals surface area contributed by atoms with E-state index >= 15 is 0 Å². The van der Waals surface area contributed by atoms with Crippen LogP contribution in [0.25, 0.3) is 10.9 Å². The molecule has 6 heteroatoms. The predicted octanol–water partition coefficient (Wildman–Crippen LogP) is 5.35. The second-order valence-electron chi connectivity index (χ2n) is 9.26. The molecular weight excluding hydrogens is 418 g/mol. The summed E-state index contributed by atoms with van der Waals surface area (Å²) in [6.07, 6.45) is 0. The number of hydrogen-bond donors (Lipinski definition) is 1. The fourth-order valence-corrected chi connectivity index (χ4v) is 4.55. The molecule has 5 nitrogen and oxygen atoms in total. The molecule has 2 aromatic carbocycles. The molecule has 3 aromatic rings. The van der Waals surface area contributed by atoms with Crippen molar-refractivity contribution in [3.8, 4) is 0 Å². The standard InChI is InChI=1S/C26H33N3O2S/c1-16(2)13-27-24(30)20-9-10-22-23(12-20)28-26(29(25(22)31)14-17(3)4)32-15-21-11-18(5)7-8-19(21)6/h7-12,16-17H,13-15H2,1-6H3,(H,27,30). The second-order valence-corrected chi connectivity index (χ2v) is 10.2. The van der Waals surface area contributed by atoms with Gasteiger partial charge in [0, 0.05) is 24.4 Å². The van der Waals surface area contributed by atoms with Crippen LogP contribution in [-0.4, -0.2) is 22.0 Å². The average Bonchev–Trinajstić information content (AvgIpc) is 2.74. The third-order valence-corrected chi connectivity index (χ3v) is 6.29. The molecule has 0 spiro atoms. The van der Waals surface area contributed by atoms with Crippen LogP contribution in [0.1, 0.15) is 54.7 Å². The van der Waals surface area contributed by atoms with E-state index in [1.165, 1.54) is 16.7 Å². The molecule has 1 aromatic heterocycles. The molecule has 1 heterocycles. The lowest BCUT2D eigenvalue weighted by atomic mass is 10.1. The van der Waals surface area contributed by atoms with E-state index in [2.05, 4.69) is 65.1 Å². The van der Waals surface area contributed by atoms with Crippen molar-refractivity contribution in [2.45, 2.75) is 59.0 Å². The van der Waals surface area contributed by atoms with Crippen molar-refractivity contribution in [3.63, 3.8) is 0 Å². The van der Waals surface area contributed by atoms with Crippen LogP contribution in [0.3, 0.4) is 0 Å². The monoisotopic (exact) mass is 451 g/mol. The Morgan fingerprint density at radius 3 is 2.50 bits per heavy atom. The summed E-state index contributed by atoms with van der Waals surface area (Å²) in [5.41, 5.74) is 4.72. The number of aryl methyl sites for hydroxylation is 2. The molecule has 1 amide bonds. The molecule has 0 saturated heterocycles. The van der Waals surface area contributed by atoms with Crippen molar-refractivity contribution in [1.82, 2.24) is 14.9 Å². The molecule has 0 saturated carbocycles. The van der Waals surface area contributed by atoms with E-state index < -0.39 is 0 Å². The number of amides is 1. The minimum Gasteiger partial charge on any atom is -0.352 e. The van der Waals surface area contributed by atoms with Gasteiger partial charge < -0.3 is 5.32 Å². The lowest BCUT2D eigenvalue weighted by Gasteiger charge is -2.16. The highest BCUT2D eigenvalue weighted by Gasteiger charge is 2.16. The number of benzene rings is 2. The van der Waals surface area contributed by atoms with E-state index in [1.54, 1.807) is 34.5 Å². The number of thioether (sulfide) groups is 1. The normalized spacial score (nSPS) is 11.5. The first-order valence-electron chi connectivity index (χ1n) is 11.2. The van der Waals surface area contributed by atoms with E-state index in [-0.39, 0.29) is 11.5 Å². The zero-order valence-electron chi connectivity index (χ0n) is 19.9. The predicted molar refractivity (Wildman–Crippen MR) is 133 cm³/mol. The van der Waals surface area contributed by atoms with Crippen LogP contribution in [0, 0.1) is 25.7 Å². The van der Waals surface area contributed by atoms with Crippen LogP contribution in [-0.2, 0) is 12.3 Å². The third kappa shape index (κ3) is 5.80. The van der Waals surface area contributed by atoms with Crippen molar-refractivity contribution in [2.75, 3.05) is 6.54 Å². The highest BCUT2D eigenvalue weighted by molar-refractivity contribution is 7.98. The first-order chi connectivity index (χ1) is 15.2. The van der Waals surface area contributed by atoms with E-state index in [9.17, 15) is 9.59 Å². The Hall–Kier alpha value is -2.60. The molecule has 0 aliphatic rings. The number of aromatic nitrogens is 2. The van der Waals surface area contributed by atoms with E-state index in [0.717, 1.165) is 5.75 Å². The van der Waals surface area contributed by atoms with Crippen LogP contribution < -0.4 is 10.9 Å². The maximum Gasteiger partial charge on any atom is 0.262 e. The highest BCUT2D eigenvalue weighted by atomic mass is 32.2. The summed E-state index contributed by atoms with van der Waals surface area (Å²) in [7, 11) is 0. The van der Waals surface area contributed by atoms with Gasteiger partial charge in [0.1, 0.15) is 0 Å². The van der Waals surface area contributed by atoms with Crippen LogP contribution >= 0.6 is 11.8 Å². The molecule has 0 fully saturated rings. The van der Waals surface area contributed by atoms with Crippen LogP contribution in [0.2, 0.25) is 0 Å². The van der Waals surface area contributed by atoms with Crippen LogP contribution in [0.15, 0.2) is 46.3 Å². The zero-order valence-corrected chi connectivity index (χ0v) is 20.7. The van der Waals surface area contributed by atoms with Gasteiger partial charge in [-0.3, -0.25) is 14.2 Å². The van der Waals surface area contributed by atoms with Gasteiger partial charge in [0.2, 0.25) is 0 Å². The van der Waals surface area contributed by atoms with Crippen molar-refractivity contribution in [3.05, 3.63) is 69.0 Å². The Morgan fingerprint density at radius 2 is 1.81 bits per heavy atom. The number of nitrogens with one attached hydrogen (secondary N) is 1. The summed E-state index contributed by atoms with van der Waals surface area (Å²) in [5.74, 6) is 1.28. The molecule has 0 aliphatic heterocycles. The smallest absolute Gasteiger partial charge is 0.262 e. The summed E-state index contributed by atoms with van der Waals surface area (Å²) in [5, 5.41) is 4.17. The number of rotatable bonds is 8. The number of hydrogen-bond acceptors (Lipinski definition) is 4. The van der Waals surface area contributed by atoms with E-state index in [1.807, 2.05) is 0 Å². The van der Waals surface area contributed by atoms with Crippen molar-refractivity contribution in [1.29, 1.82) is 0 Å². The van der Waals surface area contributed by atoms with Gasteiger partial charge in [0.25, 0.3) is 11.5 Å². The third-order valence-electron chi connectivity index (χ3n) is 5.26. The Bertz CT molecular complexity index is 1180. The van der Waals surface area contributed by atoms with Gasteiger partial charge >= 0.3 is 0 Å². The van der Waals surface area contributed by atoms with Gasteiger partial charge in [-0.2, -0.15) is 0 Å². The topological polar surface area (TPSA) is 64.0 Å². The Labute approximate surface area is 194 Å². The van der Waals surface area contributed by atoms with Gasteiger partial charge in [0.15, 0.2) is 5.16 Å². The summed E-state index contributed by atoms with van der Waals surface area (Å²) in [6.45, 7) is 13.7. The molecule has 0 aliphatic carbocycles. The van der Waals surface area contributed by atoms with Crippen LogP contribution in [0.4, 0.5) is 0 Å². The van der Waals surface area contributed by atoms with Gasteiger partial charge in [-0.15, -0.1) is 0 Å². The van der Waals surface area contributed by atoms with Crippen LogP contribution in [0.5, 0.6) is 0 Å². The van der Waals surface area contributed by atoms with Gasteiger partial charge in [-0.25, -0.2) is 4.98 Å². The lowest BCUT2D eigenvalue weighted by Crippen LogP contribution is -2.28. The molecule has 1 N–H and O–H groups in total. The molecular formula is C26H33N3O2S. The Balaban J connectivity index is 2.00. The Morgan fingerprint density at radius 1 is 1.06 bits per heavy atom. The molecule has 0 unspecified atom stereocenters. The van der Waals surface area contributed by atoms with E-state index in [4.69, 9.17) is 4.98 Å². The molecule has 170 valence electrons. The number of nitrogens with zero attached hydrogens (tertiary/aromatic N) is 2. The van der Waals surface area contributed by atoms with Crippen molar-refractivity contribution in [2.24, 2.45) is 11.8 Å². The Kier molecular flexibility index (Phi) is 7.77. The average molecular weight is 452 g/mol. The quantitative estimate of drug-likeness (QED) is 0.370.